The van der Waals surface area contributed by atoms with E-state index >= 15 is 0 Å². The summed E-state index contributed by atoms with van der Waals surface area (Å²) < 4.78 is 0. The van der Waals surface area contributed by atoms with Gasteiger partial charge in [0.25, 0.3) is 0 Å². The fraction of sp³-hybridized carbons (Fsp3) is 0. The summed E-state index contributed by atoms with van der Waals surface area (Å²) in [4.78, 5) is 17.5. The van der Waals surface area contributed by atoms with Crippen LogP contribution in [0.2, 0.25) is 0 Å². The predicted molar refractivity (Wildman–Crippen MR) is 49.4 cm³/mol. The summed E-state index contributed by atoms with van der Waals surface area (Å²) in [5, 5.41) is 0. The fourth-order valence-electron chi connectivity index (χ4n) is 1.15. The van der Waals surface area contributed by atoms with E-state index in [9.17, 15) is 4.79 Å². The SMILES string of the molecule is O=Cc1c[nH]c(-c2ccccn2)c1. The third-order valence-corrected chi connectivity index (χ3v) is 1.78. The van der Waals surface area contributed by atoms with Gasteiger partial charge in [0.05, 0.1) is 11.4 Å². The molecule has 0 saturated carbocycles. The van der Waals surface area contributed by atoms with E-state index in [1.807, 2.05) is 18.2 Å². The average molecular weight is 172 g/mol. The lowest BCUT2D eigenvalue weighted by atomic mass is 10.2. The molecule has 2 rings (SSSR count). The fourth-order valence-corrected chi connectivity index (χ4v) is 1.15. The summed E-state index contributed by atoms with van der Waals surface area (Å²) in [6.45, 7) is 0. The molecule has 2 heterocycles. The van der Waals surface area contributed by atoms with Gasteiger partial charge in [0.15, 0.2) is 6.29 Å². The molecule has 0 saturated heterocycles. The number of nitrogens with one attached hydrogen (secondary N) is 1. The van der Waals surface area contributed by atoms with E-state index < -0.39 is 0 Å². The van der Waals surface area contributed by atoms with Crippen LogP contribution in [0.15, 0.2) is 36.7 Å². The van der Waals surface area contributed by atoms with Gasteiger partial charge in [-0.25, -0.2) is 0 Å². The van der Waals surface area contributed by atoms with Crippen molar-refractivity contribution < 1.29 is 4.79 Å². The zero-order chi connectivity index (χ0) is 9.10. The van der Waals surface area contributed by atoms with E-state index in [4.69, 9.17) is 0 Å². The molecule has 0 bridgehead atoms. The number of carbonyl (C=O) groups is 1. The van der Waals surface area contributed by atoms with Crippen LogP contribution < -0.4 is 0 Å². The van der Waals surface area contributed by atoms with Gasteiger partial charge < -0.3 is 4.98 Å². The summed E-state index contributed by atoms with van der Waals surface area (Å²) in [7, 11) is 0. The monoisotopic (exact) mass is 172 g/mol. The smallest absolute Gasteiger partial charge is 0.151 e. The van der Waals surface area contributed by atoms with Gasteiger partial charge in [0.1, 0.15) is 0 Å². The first-order chi connectivity index (χ1) is 6.40. The van der Waals surface area contributed by atoms with Crippen LogP contribution in [-0.4, -0.2) is 16.3 Å². The first-order valence-corrected chi connectivity index (χ1v) is 3.95. The molecule has 13 heavy (non-hydrogen) atoms. The zero-order valence-corrected chi connectivity index (χ0v) is 6.90. The molecule has 0 aliphatic heterocycles. The number of aldehydes is 1. The molecule has 0 fully saturated rings. The largest absolute Gasteiger partial charge is 0.359 e. The molecule has 2 aromatic heterocycles. The Morgan fingerprint density at radius 1 is 1.38 bits per heavy atom. The highest BCUT2D eigenvalue weighted by Crippen LogP contribution is 2.14. The third kappa shape index (κ3) is 1.49. The molecule has 3 nitrogen and oxygen atoms in total. The predicted octanol–water partition coefficient (Wildman–Crippen LogP) is 1.89. The molecule has 0 aromatic carbocycles. The third-order valence-electron chi connectivity index (χ3n) is 1.78. The van der Waals surface area contributed by atoms with E-state index in [-0.39, 0.29) is 0 Å². The Kier molecular flexibility index (Phi) is 1.92. The van der Waals surface area contributed by atoms with Crippen molar-refractivity contribution in [3.8, 4) is 11.4 Å². The number of aromatic amines is 1. The van der Waals surface area contributed by atoms with Crippen molar-refractivity contribution in [1.82, 2.24) is 9.97 Å². The number of hydrogen-bond acceptors (Lipinski definition) is 2. The molecule has 0 aliphatic rings. The quantitative estimate of drug-likeness (QED) is 0.703. The molecule has 0 radical (unpaired) electrons. The standard InChI is InChI=1S/C10H8N2O/c13-7-8-5-10(12-6-8)9-3-1-2-4-11-9/h1-7,12H. The van der Waals surface area contributed by atoms with E-state index in [0.717, 1.165) is 17.7 Å². The molecule has 0 aliphatic carbocycles. The number of carbonyl (C=O) groups excluding carboxylic acids is 1. The number of aromatic nitrogens is 2. The molecular weight excluding hydrogens is 164 g/mol. The molecular formula is C10H8N2O. The van der Waals surface area contributed by atoms with Crippen molar-refractivity contribution in [1.29, 1.82) is 0 Å². The molecule has 0 unspecified atom stereocenters. The highest BCUT2D eigenvalue weighted by molar-refractivity contribution is 5.77. The lowest BCUT2D eigenvalue weighted by Gasteiger charge is -1.93. The van der Waals surface area contributed by atoms with Gasteiger partial charge in [-0.1, -0.05) is 6.07 Å². The second-order valence-electron chi connectivity index (χ2n) is 2.68. The molecule has 0 atom stereocenters. The van der Waals surface area contributed by atoms with Crippen LogP contribution in [0, 0.1) is 0 Å². The van der Waals surface area contributed by atoms with Crippen molar-refractivity contribution in [2.75, 3.05) is 0 Å². The van der Waals surface area contributed by atoms with Gasteiger partial charge in [0.2, 0.25) is 0 Å². The van der Waals surface area contributed by atoms with E-state index in [1.54, 1.807) is 18.5 Å². The summed E-state index contributed by atoms with van der Waals surface area (Å²) in [6, 6.07) is 7.42. The van der Waals surface area contributed by atoms with E-state index in [2.05, 4.69) is 9.97 Å². The van der Waals surface area contributed by atoms with Gasteiger partial charge in [-0.05, 0) is 18.2 Å². The number of H-pyrrole nitrogens is 1. The second kappa shape index (κ2) is 3.23. The molecule has 3 heteroatoms. The first kappa shape index (κ1) is 7.73. The number of rotatable bonds is 2. The van der Waals surface area contributed by atoms with Crippen molar-refractivity contribution >= 4 is 6.29 Å². The molecule has 64 valence electrons. The Morgan fingerprint density at radius 2 is 2.31 bits per heavy atom. The maximum atomic E-state index is 10.4. The molecule has 1 N–H and O–H groups in total. The van der Waals surface area contributed by atoms with Gasteiger partial charge in [-0.15, -0.1) is 0 Å². The summed E-state index contributed by atoms with van der Waals surface area (Å²) in [5.74, 6) is 0. The molecule has 0 spiro atoms. The summed E-state index contributed by atoms with van der Waals surface area (Å²) >= 11 is 0. The van der Waals surface area contributed by atoms with Crippen molar-refractivity contribution in [2.45, 2.75) is 0 Å². The maximum absolute atomic E-state index is 10.4. The Bertz CT molecular complexity index is 406. The van der Waals surface area contributed by atoms with Gasteiger partial charge in [0, 0.05) is 18.0 Å². The summed E-state index contributed by atoms with van der Waals surface area (Å²) in [5.41, 5.74) is 2.35. The van der Waals surface area contributed by atoms with Crippen LogP contribution >= 0.6 is 0 Å². The first-order valence-electron chi connectivity index (χ1n) is 3.95. The maximum Gasteiger partial charge on any atom is 0.151 e. The Labute approximate surface area is 75.4 Å². The minimum Gasteiger partial charge on any atom is -0.359 e. The molecule has 0 amide bonds. The van der Waals surface area contributed by atoms with Gasteiger partial charge in [-0.3, -0.25) is 9.78 Å². The van der Waals surface area contributed by atoms with E-state index in [0.29, 0.717) is 5.56 Å². The van der Waals surface area contributed by atoms with Crippen LogP contribution in [-0.2, 0) is 0 Å². The highest BCUT2D eigenvalue weighted by atomic mass is 16.1. The highest BCUT2D eigenvalue weighted by Gasteiger charge is 2.00. The van der Waals surface area contributed by atoms with Crippen molar-refractivity contribution in [3.63, 3.8) is 0 Å². The van der Waals surface area contributed by atoms with Crippen LogP contribution in [0.25, 0.3) is 11.4 Å². The minimum atomic E-state index is 0.639. The normalized spacial score (nSPS) is 9.85. The lowest BCUT2D eigenvalue weighted by molar-refractivity contribution is 0.112. The average Bonchev–Trinajstić information content (AvgIpc) is 2.67. The van der Waals surface area contributed by atoms with Gasteiger partial charge >= 0.3 is 0 Å². The van der Waals surface area contributed by atoms with Crippen molar-refractivity contribution in [3.05, 3.63) is 42.2 Å². The Balaban J connectivity index is 2.41. The van der Waals surface area contributed by atoms with Crippen LogP contribution in [0.5, 0.6) is 0 Å². The molecule has 2 aromatic rings. The number of nitrogens with zero attached hydrogens (tertiary/aromatic N) is 1. The Morgan fingerprint density at radius 3 is 2.92 bits per heavy atom. The topological polar surface area (TPSA) is 45.8 Å². The van der Waals surface area contributed by atoms with Crippen molar-refractivity contribution in [2.24, 2.45) is 0 Å². The second-order valence-corrected chi connectivity index (χ2v) is 2.68. The Hall–Kier alpha value is -1.90. The van der Waals surface area contributed by atoms with Crippen LogP contribution in [0.4, 0.5) is 0 Å². The summed E-state index contributed by atoms with van der Waals surface area (Å²) in [6.07, 6.45) is 4.19. The lowest BCUT2D eigenvalue weighted by Crippen LogP contribution is -1.79. The number of pyridine rings is 1. The van der Waals surface area contributed by atoms with Gasteiger partial charge in [-0.2, -0.15) is 0 Å². The zero-order valence-electron chi connectivity index (χ0n) is 6.90. The minimum absolute atomic E-state index is 0.639. The van der Waals surface area contributed by atoms with Crippen LogP contribution in [0.3, 0.4) is 0 Å². The van der Waals surface area contributed by atoms with Crippen LogP contribution in [0.1, 0.15) is 10.4 Å². The van der Waals surface area contributed by atoms with E-state index in [1.165, 1.54) is 0 Å². The number of hydrogen-bond donors (Lipinski definition) is 1.